The molecule has 0 bridgehead atoms. The molecule has 0 fully saturated rings. The van der Waals surface area contributed by atoms with Crippen LogP contribution in [0.3, 0.4) is 0 Å². The number of carbonyl (C=O) groups is 2. The molecule has 2 aromatic rings. The first-order valence-corrected chi connectivity index (χ1v) is 8.80. The van der Waals surface area contributed by atoms with Crippen LogP contribution in [0.1, 0.15) is 36.8 Å². The molecule has 0 saturated carbocycles. The highest BCUT2D eigenvalue weighted by molar-refractivity contribution is 6.05. The lowest BCUT2D eigenvalue weighted by Gasteiger charge is -2.21. The standard InChI is InChI=1S/C19H22F3N5O3/c1-18(2,3)30-17(29)24-12-7-6-11(19(20,21)22)10-14(12)23-16(28)13-8-9-15(26-25-13)27(4)5/h6-10H,1-5H3,(H,23,28)(H,24,29). The number of aromatic nitrogens is 2. The number of halogens is 3. The summed E-state index contributed by atoms with van der Waals surface area (Å²) in [5.41, 5.74) is -2.26. The maximum Gasteiger partial charge on any atom is 0.416 e. The van der Waals surface area contributed by atoms with Gasteiger partial charge in [-0.3, -0.25) is 10.1 Å². The van der Waals surface area contributed by atoms with Crippen molar-refractivity contribution in [3.05, 3.63) is 41.6 Å². The van der Waals surface area contributed by atoms with Gasteiger partial charge in [-0.15, -0.1) is 10.2 Å². The monoisotopic (exact) mass is 425 g/mol. The number of alkyl halides is 3. The first-order chi connectivity index (χ1) is 13.8. The van der Waals surface area contributed by atoms with Gasteiger partial charge in [-0.25, -0.2) is 4.79 Å². The van der Waals surface area contributed by atoms with Crippen LogP contribution < -0.4 is 15.5 Å². The van der Waals surface area contributed by atoms with Crippen LogP contribution in [-0.2, 0) is 10.9 Å². The van der Waals surface area contributed by atoms with Gasteiger partial charge in [-0.1, -0.05) is 0 Å². The normalized spacial score (nSPS) is 11.6. The maximum atomic E-state index is 13.1. The van der Waals surface area contributed by atoms with E-state index in [2.05, 4.69) is 20.8 Å². The minimum absolute atomic E-state index is 0.0662. The Bertz CT molecular complexity index is 922. The molecule has 8 nitrogen and oxygen atoms in total. The zero-order valence-electron chi connectivity index (χ0n) is 17.1. The molecule has 0 radical (unpaired) electrons. The van der Waals surface area contributed by atoms with Crippen LogP contribution in [0, 0.1) is 0 Å². The fraction of sp³-hybridized carbons (Fsp3) is 0.368. The summed E-state index contributed by atoms with van der Waals surface area (Å²) in [7, 11) is 3.47. The Balaban J connectivity index is 2.32. The Hall–Kier alpha value is -3.37. The number of nitrogens with one attached hydrogen (secondary N) is 2. The quantitative estimate of drug-likeness (QED) is 0.764. The molecule has 1 aromatic heterocycles. The lowest BCUT2D eigenvalue weighted by Crippen LogP contribution is -2.27. The lowest BCUT2D eigenvalue weighted by molar-refractivity contribution is -0.137. The number of rotatable bonds is 4. The molecular formula is C19H22F3N5O3. The summed E-state index contributed by atoms with van der Waals surface area (Å²) in [6, 6.07) is 5.45. The van der Waals surface area contributed by atoms with E-state index in [1.807, 2.05) is 0 Å². The van der Waals surface area contributed by atoms with E-state index in [-0.39, 0.29) is 17.1 Å². The number of hydrogen-bond acceptors (Lipinski definition) is 6. The average molecular weight is 425 g/mol. The van der Waals surface area contributed by atoms with E-state index in [4.69, 9.17) is 4.74 Å². The Morgan fingerprint density at radius 1 is 0.967 bits per heavy atom. The summed E-state index contributed by atoms with van der Waals surface area (Å²) in [4.78, 5) is 26.2. The van der Waals surface area contributed by atoms with Gasteiger partial charge in [-0.2, -0.15) is 13.2 Å². The van der Waals surface area contributed by atoms with Gasteiger partial charge >= 0.3 is 12.3 Å². The SMILES string of the molecule is CN(C)c1ccc(C(=O)Nc2cc(C(F)(F)F)ccc2NC(=O)OC(C)(C)C)nn1. The highest BCUT2D eigenvalue weighted by Crippen LogP contribution is 2.34. The van der Waals surface area contributed by atoms with E-state index in [9.17, 15) is 22.8 Å². The van der Waals surface area contributed by atoms with Gasteiger partial charge < -0.3 is 15.0 Å². The van der Waals surface area contributed by atoms with Gasteiger partial charge in [0.15, 0.2) is 11.5 Å². The predicted octanol–water partition coefficient (Wildman–Crippen LogP) is 4.16. The van der Waals surface area contributed by atoms with Crippen molar-refractivity contribution in [2.45, 2.75) is 32.5 Å². The highest BCUT2D eigenvalue weighted by atomic mass is 19.4. The fourth-order valence-electron chi connectivity index (χ4n) is 2.22. The van der Waals surface area contributed by atoms with Crippen LogP contribution >= 0.6 is 0 Å². The molecule has 0 unspecified atom stereocenters. The van der Waals surface area contributed by atoms with Crippen LogP contribution in [-0.4, -0.2) is 41.9 Å². The molecule has 0 aliphatic carbocycles. The summed E-state index contributed by atoms with van der Waals surface area (Å²) < 4.78 is 44.4. The minimum Gasteiger partial charge on any atom is -0.444 e. The van der Waals surface area contributed by atoms with Gasteiger partial charge in [0.1, 0.15) is 5.60 Å². The summed E-state index contributed by atoms with van der Waals surface area (Å²) >= 11 is 0. The molecule has 0 spiro atoms. The van der Waals surface area contributed by atoms with E-state index < -0.39 is 29.3 Å². The average Bonchev–Trinajstić information content (AvgIpc) is 2.60. The molecule has 2 N–H and O–H groups in total. The summed E-state index contributed by atoms with van der Waals surface area (Å²) in [6.45, 7) is 4.91. The second kappa shape index (κ2) is 8.56. The zero-order valence-corrected chi connectivity index (χ0v) is 17.1. The van der Waals surface area contributed by atoms with Gasteiger partial charge in [0.05, 0.1) is 16.9 Å². The van der Waals surface area contributed by atoms with Crippen LogP contribution in [0.4, 0.5) is 35.2 Å². The minimum atomic E-state index is -4.64. The van der Waals surface area contributed by atoms with Crippen molar-refractivity contribution in [2.24, 2.45) is 0 Å². The molecule has 2 amide bonds. The van der Waals surface area contributed by atoms with Gasteiger partial charge in [-0.05, 0) is 51.1 Å². The van der Waals surface area contributed by atoms with Crippen LogP contribution in [0.5, 0.6) is 0 Å². The third-order valence-corrected chi connectivity index (χ3v) is 3.57. The number of anilines is 3. The first-order valence-electron chi connectivity index (χ1n) is 8.80. The summed E-state index contributed by atoms with van der Waals surface area (Å²) in [6.07, 6.45) is -5.52. The second-order valence-electron chi connectivity index (χ2n) is 7.51. The number of hydrogen-bond donors (Lipinski definition) is 2. The molecule has 11 heteroatoms. The van der Waals surface area contributed by atoms with E-state index in [1.54, 1.807) is 39.8 Å². The van der Waals surface area contributed by atoms with Gasteiger partial charge in [0.2, 0.25) is 0 Å². The van der Waals surface area contributed by atoms with E-state index in [0.717, 1.165) is 12.1 Å². The van der Waals surface area contributed by atoms with E-state index in [0.29, 0.717) is 11.9 Å². The number of amides is 2. The molecule has 30 heavy (non-hydrogen) atoms. The van der Waals surface area contributed by atoms with Crippen LogP contribution in [0.2, 0.25) is 0 Å². The predicted molar refractivity (Wildman–Crippen MR) is 106 cm³/mol. The Morgan fingerprint density at radius 2 is 1.63 bits per heavy atom. The van der Waals surface area contributed by atoms with Crippen molar-refractivity contribution in [3.8, 4) is 0 Å². The number of ether oxygens (including phenoxy) is 1. The third-order valence-electron chi connectivity index (χ3n) is 3.57. The zero-order chi connectivity index (χ0) is 22.7. The molecule has 1 heterocycles. The number of carbonyl (C=O) groups excluding carboxylic acids is 2. The number of benzene rings is 1. The first kappa shape index (κ1) is 22.9. The Kier molecular flexibility index (Phi) is 6.53. The second-order valence-corrected chi connectivity index (χ2v) is 7.51. The van der Waals surface area contributed by atoms with Crippen molar-refractivity contribution in [3.63, 3.8) is 0 Å². The molecule has 0 atom stereocenters. The Morgan fingerprint density at radius 3 is 2.13 bits per heavy atom. The molecule has 0 aliphatic heterocycles. The topological polar surface area (TPSA) is 96.5 Å². The van der Waals surface area contributed by atoms with E-state index in [1.165, 1.54) is 12.1 Å². The van der Waals surface area contributed by atoms with Crippen LogP contribution in [0.15, 0.2) is 30.3 Å². The van der Waals surface area contributed by atoms with Crippen molar-refractivity contribution in [2.75, 3.05) is 29.6 Å². The van der Waals surface area contributed by atoms with Crippen molar-refractivity contribution in [1.82, 2.24) is 10.2 Å². The largest absolute Gasteiger partial charge is 0.444 e. The van der Waals surface area contributed by atoms with Crippen molar-refractivity contribution in [1.29, 1.82) is 0 Å². The molecule has 0 aliphatic rings. The molecular weight excluding hydrogens is 403 g/mol. The Labute approximate surface area is 171 Å². The van der Waals surface area contributed by atoms with Gasteiger partial charge in [0, 0.05) is 14.1 Å². The molecule has 2 rings (SSSR count). The molecule has 162 valence electrons. The third kappa shape index (κ3) is 6.33. The number of nitrogens with zero attached hydrogens (tertiary/aromatic N) is 3. The van der Waals surface area contributed by atoms with E-state index >= 15 is 0 Å². The molecule has 0 saturated heterocycles. The van der Waals surface area contributed by atoms with Gasteiger partial charge in [0.25, 0.3) is 5.91 Å². The van der Waals surface area contributed by atoms with Crippen LogP contribution in [0.25, 0.3) is 0 Å². The molecule has 1 aromatic carbocycles. The fourth-order valence-corrected chi connectivity index (χ4v) is 2.22. The summed E-state index contributed by atoms with van der Waals surface area (Å²) in [5, 5.41) is 12.3. The maximum absolute atomic E-state index is 13.1. The van der Waals surface area contributed by atoms with Crippen molar-refractivity contribution < 1.29 is 27.5 Å². The highest BCUT2D eigenvalue weighted by Gasteiger charge is 2.31. The summed E-state index contributed by atoms with van der Waals surface area (Å²) in [5.74, 6) is -0.294. The smallest absolute Gasteiger partial charge is 0.416 e. The lowest BCUT2D eigenvalue weighted by atomic mass is 10.1. The van der Waals surface area contributed by atoms with Crippen molar-refractivity contribution >= 4 is 29.2 Å².